The smallest absolute Gasteiger partial charge is 0.252 e. The summed E-state index contributed by atoms with van der Waals surface area (Å²) in [7, 11) is 0. The molecule has 0 bridgehead atoms. The molecule has 5 nitrogen and oxygen atoms in total. The molecule has 28 heavy (non-hydrogen) atoms. The van der Waals surface area contributed by atoms with Crippen molar-refractivity contribution in [2.75, 3.05) is 0 Å². The van der Waals surface area contributed by atoms with Gasteiger partial charge in [0.15, 0.2) is 0 Å². The minimum absolute atomic E-state index is 0.0359. The van der Waals surface area contributed by atoms with Gasteiger partial charge in [-0.15, -0.1) is 0 Å². The van der Waals surface area contributed by atoms with Crippen molar-refractivity contribution in [3.8, 4) is 0 Å². The lowest BCUT2D eigenvalue weighted by atomic mass is 9.98. The zero-order valence-corrected chi connectivity index (χ0v) is 16.1. The summed E-state index contributed by atoms with van der Waals surface area (Å²) in [6, 6.07) is 8.66. The fraction of sp³-hybridized carbons (Fsp3) is 0.364. The Morgan fingerprint density at radius 3 is 2.64 bits per heavy atom. The predicted molar refractivity (Wildman–Crippen MR) is 108 cm³/mol. The fourth-order valence-electron chi connectivity index (χ4n) is 3.52. The van der Waals surface area contributed by atoms with Crippen molar-refractivity contribution in [1.29, 1.82) is 0 Å². The number of rotatable bonds is 3. The van der Waals surface area contributed by atoms with Crippen LogP contribution in [0.15, 0.2) is 42.7 Å². The van der Waals surface area contributed by atoms with E-state index in [0.29, 0.717) is 23.2 Å². The van der Waals surface area contributed by atoms with Crippen molar-refractivity contribution in [2.45, 2.75) is 51.7 Å². The van der Waals surface area contributed by atoms with Crippen molar-refractivity contribution in [3.63, 3.8) is 0 Å². The molecule has 1 fully saturated rings. The Labute approximate surface area is 164 Å². The highest BCUT2D eigenvalue weighted by atomic mass is 19.1. The maximum Gasteiger partial charge on any atom is 0.252 e. The first kappa shape index (κ1) is 20.0. The quantitative estimate of drug-likeness (QED) is 0.719. The van der Waals surface area contributed by atoms with Gasteiger partial charge in [0.2, 0.25) is 0 Å². The molecule has 0 radical (unpaired) electrons. The van der Waals surface area contributed by atoms with E-state index in [1.54, 1.807) is 37.5 Å². The monoisotopic (exact) mass is 383 g/mol. The Balaban J connectivity index is 0.000000271. The van der Waals surface area contributed by atoms with Crippen LogP contribution >= 0.6 is 0 Å². The van der Waals surface area contributed by atoms with Gasteiger partial charge >= 0.3 is 0 Å². The number of primary amides is 1. The minimum Gasteiger partial charge on any atom is -0.393 e. The number of fused-ring (bicyclic) bond motifs is 1. The number of halogens is 1. The molecular weight excluding hydrogens is 357 g/mol. The van der Waals surface area contributed by atoms with Gasteiger partial charge in [-0.3, -0.25) is 9.78 Å². The summed E-state index contributed by atoms with van der Waals surface area (Å²) >= 11 is 0. The van der Waals surface area contributed by atoms with E-state index in [1.165, 1.54) is 25.3 Å². The second kappa shape index (κ2) is 8.97. The van der Waals surface area contributed by atoms with Gasteiger partial charge < -0.3 is 15.4 Å². The molecule has 0 spiro atoms. The molecule has 1 aromatic carbocycles. The normalized spacial score (nSPS) is 14.5. The highest BCUT2D eigenvalue weighted by molar-refractivity contribution is 6.04. The van der Waals surface area contributed by atoms with Crippen LogP contribution in [-0.4, -0.2) is 26.7 Å². The number of aliphatic hydroxyl groups is 1. The zero-order valence-electron chi connectivity index (χ0n) is 16.1. The summed E-state index contributed by atoms with van der Waals surface area (Å²) in [5, 5.41) is 8.91. The van der Waals surface area contributed by atoms with Crippen LogP contribution in [0.25, 0.3) is 11.0 Å². The van der Waals surface area contributed by atoms with Crippen LogP contribution in [-0.2, 0) is 6.54 Å². The number of nitrogens with two attached hydrogens (primary N) is 1. The molecule has 0 atom stereocenters. The van der Waals surface area contributed by atoms with Crippen molar-refractivity contribution in [2.24, 2.45) is 5.73 Å². The maximum absolute atomic E-state index is 13.3. The average Bonchev–Trinajstić information content (AvgIpc) is 3.05. The second-order valence-electron chi connectivity index (χ2n) is 7.28. The van der Waals surface area contributed by atoms with Crippen molar-refractivity contribution >= 4 is 16.9 Å². The molecule has 148 valence electrons. The van der Waals surface area contributed by atoms with Gasteiger partial charge in [-0.25, -0.2) is 4.39 Å². The summed E-state index contributed by atoms with van der Waals surface area (Å²) in [6.07, 6.45) is 9.24. The molecule has 1 saturated carbocycles. The number of amides is 1. The Hall–Kier alpha value is -2.73. The summed E-state index contributed by atoms with van der Waals surface area (Å²) < 4.78 is 15.2. The largest absolute Gasteiger partial charge is 0.393 e. The van der Waals surface area contributed by atoms with Gasteiger partial charge in [-0.2, -0.15) is 0 Å². The molecule has 2 heterocycles. The standard InChI is InChI=1S/C16H14FN3O.C6H12O/c1-10-7-11(4-5-13(10)17)8-20-9-12(16(18)21)15-14(20)3-2-6-19-15;7-6-4-2-1-3-5-6/h2-7,9H,8H2,1H3,(H2,18,21);6-7H,1-5H2. The molecule has 1 amide bonds. The van der Waals surface area contributed by atoms with Gasteiger partial charge in [-0.05, 0) is 49.1 Å². The summed E-state index contributed by atoms with van der Waals surface area (Å²) in [5.74, 6) is -0.733. The van der Waals surface area contributed by atoms with Gasteiger partial charge in [0.05, 0.1) is 17.2 Å². The number of hydrogen-bond acceptors (Lipinski definition) is 3. The van der Waals surface area contributed by atoms with Crippen LogP contribution in [0.2, 0.25) is 0 Å². The van der Waals surface area contributed by atoms with Gasteiger partial charge in [0, 0.05) is 18.9 Å². The number of aliphatic hydroxyl groups excluding tert-OH is 1. The number of nitrogens with zero attached hydrogens (tertiary/aromatic N) is 2. The minimum atomic E-state index is -0.507. The molecule has 1 aliphatic carbocycles. The van der Waals surface area contributed by atoms with E-state index in [4.69, 9.17) is 10.8 Å². The van der Waals surface area contributed by atoms with Crippen molar-refractivity contribution in [1.82, 2.24) is 9.55 Å². The van der Waals surface area contributed by atoms with E-state index < -0.39 is 5.91 Å². The average molecular weight is 383 g/mol. The summed E-state index contributed by atoms with van der Waals surface area (Å²) in [5.41, 5.74) is 8.74. The predicted octanol–water partition coefficient (Wildman–Crippen LogP) is 3.94. The number of benzene rings is 1. The summed E-state index contributed by atoms with van der Waals surface area (Å²) in [4.78, 5) is 15.7. The van der Waals surface area contributed by atoms with Crippen molar-refractivity contribution < 1.29 is 14.3 Å². The topological polar surface area (TPSA) is 81.1 Å². The lowest BCUT2D eigenvalue weighted by Gasteiger charge is -2.14. The van der Waals surface area contributed by atoms with E-state index >= 15 is 0 Å². The number of aromatic nitrogens is 2. The van der Waals surface area contributed by atoms with E-state index in [-0.39, 0.29) is 11.9 Å². The number of hydrogen-bond donors (Lipinski definition) is 2. The Morgan fingerprint density at radius 1 is 1.29 bits per heavy atom. The number of aryl methyl sites for hydroxylation is 1. The number of carbonyl (C=O) groups is 1. The molecule has 0 unspecified atom stereocenters. The molecule has 3 aromatic rings. The number of pyridine rings is 1. The second-order valence-corrected chi connectivity index (χ2v) is 7.28. The lowest BCUT2D eigenvalue weighted by Crippen LogP contribution is -2.10. The molecular formula is C22H26FN3O2. The molecule has 1 aliphatic rings. The molecule has 6 heteroatoms. The van der Waals surface area contributed by atoms with E-state index in [1.807, 2.05) is 10.6 Å². The molecule has 2 aromatic heterocycles. The summed E-state index contributed by atoms with van der Waals surface area (Å²) in [6.45, 7) is 2.25. The van der Waals surface area contributed by atoms with Gasteiger partial charge in [0.25, 0.3) is 5.91 Å². The van der Waals surface area contributed by atoms with E-state index in [9.17, 15) is 9.18 Å². The van der Waals surface area contributed by atoms with Gasteiger partial charge in [0.1, 0.15) is 11.3 Å². The highest BCUT2D eigenvalue weighted by Crippen LogP contribution is 2.21. The van der Waals surface area contributed by atoms with Gasteiger partial charge in [-0.1, -0.05) is 31.4 Å². The third-order valence-electron chi connectivity index (χ3n) is 5.05. The van der Waals surface area contributed by atoms with Crippen LogP contribution in [0.3, 0.4) is 0 Å². The van der Waals surface area contributed by atoms with Crippen LogP contribution in [0.4, 0.5) is 4.39 Å². The van der Waals surface area contributed by atoms with Crippen LogP contribution in [0, 0.1) is 12.7 Å². The molecule has 4 rings (SSSR count). The third kappa shape index (κ3) is 4.75. The first-order valence-corrected chi connectivity index (χ1v) is 9.62. The molecule has 0 aliphatic heterocycles. The lowest BCUT2D eigenvalue weighted by molar-refractivity contribution is 0.100. The van der Waals surface area contributed by atoms with Crippen LogP contribution in [0.1, 0.15) is 53.6 Å². The Morgan fingerprint density at radius 2 is 2.04 bits per heavy atom. The molecule has 3 N–H and O–H groups in total. The van der Waals surface area contributed by atoms with E-state index in [2.05, 4.69) is 4.98 Å². The number of carbonyl (C=O) groups excluding carboxylic acids is 1. The first-order valence-electron chi connectivity index (χ1n) is 9.62. The highest BCUT2D eigenvalue weighted by Gasteiger charge is 2.14. The Kier molecular flexibility index (Phi) is 6.41. The van der Waals surface area contributed by atoms with Crippen molar-refractivity contribution in [3.05, 3.63) is 65.2 Å². The first-order chi connectivity index (χ1) is 13.5. The maximum atomic E-state index is 13.3. The fourth-order valence-corrected chi connectivity index (χ4v) is 3.52. The van der Waals surface area contributed by atoms with Crippen LogP contribution in [0.5, 0.6) is 0 Å². The van der Waals surface area contributed by atoms with E-state index in [0.717, 1.165) is 23.9 Å². The third-order valence-corrected chi connectivity index (χ3v) is 5.05. The zero-order chi connectivity index (χ0) is 20.1. The van der Waals surface area contributed by atoms with Crippen LogP contribution < -0.4 is 5.73 Å². The SMILES string of the molecule is Cc1cc(Cn2cc(C(N)=O)c3ncccc32)ccc1F.OC1CCCCC1. The molecule has 0 saturated heterocycles. The Bertz CT molecular complexity index is 962.